The van der Waals surface area contributed by atoms with Crippen LogP contribution in [0.4, 0.5) is 4.39 Å². The minimum Gasteiger partial charge on any atom is -0.394 e. The number of hydrogen-bond donors (Lipinski definition) is 4. The first-order chi connectivity index (χ1) is 6.97. The predicted molar refractivity (Wildman–Crippen MR) is 46.5 cm³/mol. The number of amides is 1. The molecular weight excluding hydrogens is 209 g/mol. The largest absolute Gasteiger partial charge is 0.394 e. The molecular formula is C8H14FNO5. The number of aliphatic hydroxyl groups is 3. The van der Waals surface area contributed by atoms with E-state index >= 15 is 0 Å². The van der Waals surface area contributed by atoms with Gasteiger partial charge in [0.15, 0.2) is 12.5 Å². The Kier molecular flexibility index (Phi) is 3.97. The van der Waals surface area contributed by atoms with Crippen molar-refractivity contribution in [2.45, 2.75) is 37.6 Å². The number of alkyl halides is 1. The third-order valence-corrected chi connectivity index (χ3v) is 2.22. The highest BCUT2D eigenvalue weighted by molar-refractivity contribution is 5.73. The molecule has 0 aliphatic carbocycles. The highest BCUT2D eigenvalue weighted by atomic mass is 19.1. The molecule has 1 rings (SSSR count). The van der Waals surface area contributed by atoms with Gasteiger partial charge in [-0.2, -0.15) is 0 Å². The van der Waals surface area contributed by atoms with Crippen molar-refractivity contribution in [3.63, 3.8) is 0 Å². The van der Waals surface area contributed by atoms with Crippen molar-refractivity contribution in [3.05, 3.63) is 0 Å². The molecule has 1 aliphatic heterocycles. The van der Waals surface area contributed by atoms with Crippen LogP contribution in [-0.2, 0) is 9.53 Å². The maximum Gasteiger partial charge on any atom is 0.217 e. The van der Waals surface area contributed by atoms with Crippen LogP contribution in [0.3, 0.4) is 0 Å². The van der Waals surface area contributed by atoms with Gasteiger partial charge in [0, 0.05) is 6.92 Å². The average Bonchev–Trinajstić information content (AvgIpc) is 2.18. The summed E-state index contributed by atoms with van der Waals surface area (Å²) < 4.78 is 18.0. The molecule has 5 atom stereocenters. The van der Waals surface area contributed by atoms with E-state index < -0.39 is 43.2 Å². The van der Waals surface area contributed by atoms with Crippen molar-refractivity contribution >= 4 is 5.91 Å². The first-order valence-corrected chi connectivity index (χ1v) is 4.51. The van der Waals surface area contributed by atoms with Crippen molar-refractivity contribution in [2.75, 3.05) is 6.61 Å². The minimum atomic E-state index is -1.85. The van der Waals surface area contributed by atoms with Crippen molar-refractivity contribution in [1.29, 1.82) is 0 Å². The number of nitrogens with one attached hydrogen (secondary N) is 1. The fourth-order valence-corrected chi connectivity index (χ4v) is 1.46. The highest BCUT2D eigenvalue weighted by Crippen LogP contribution is 2.22. The topological polar surface area (TPSA) is 99.0 Å². The van der Waals surface area contributed by atoms with Crippen LogP contribution in [0.2, 0.25) is 0 Å². The van der Waals surface area contributed by atoms with Crippen LogP contribution in [0.25, 0.3) is 0 Å². The Labute approximate surface area is 85.7 Å². The number of rotatable bonds is 2. The molecule has 0 aromatic heterocycles. The zero-order valence-electron chi connectivity index (χ0n) is 8.13. The van der Waals surface area contributed by atoms with Crippen molar-refractivity contribution < 1.29 is 29.2 Å². The van der Waals surface area contributed by atoms with E-state index in [1.165, 1.54) is 6.92 Å². The van der Waals surface area contributed by atoms with E-state index in [2.05, 4.69) is 10.1 Å². The van der Waals surface area contributed by atoms with E-state index in [1.54, 1.807) is 0 Å². The second-order valence-corrected chi connectivity index (χ2v) is 3.41. The van der Waals surface area contributed by atoms with E-state index in [0.717, 1.165) is 0 Å². The Morgan fingerprint density at radius 2 is 2.13 bits per heavy atom. The second kappa shape index (κ2) is 4.84. The maximum absolute atomic E-state index is 13.3. The van der Waals surface area contributed by atoms with Crippen LogP contribution in [0.5, 0.6) is 0 Å². The first kappa shape index (κ1) is 12.3. The van der Waals surface area contributed by atoms with E-state index in [1.807, 2.05) is 0 Å². The summed E-state index contributed by atoms with van der Waals surface area (Å²) in [5.41, 5.74) is 0. The molecule has 7 heteroatoms. The van der Waals surface area contributed by atoms with Gasteiger partial charge in [-0.3, -0.25) is 4.79 Å². The molecule has 4 N–H and O–H groups in total. The van der Waals surface area contributed by atoms with Crippen LogP contribution in [-0.4, -0.2) is 58.5 Å². The van der Waals surface area contributed by atoms with Gasteiger partial charge in [-0.05, 0) is 0 Å². The second-order valence-electron chi connectivity index (χ2n) is 3.41. The normalized spacial score (nSPS) is 41.3. The van der Waals surface area contributed by atoms with E-state index in [4.69, 9.17) is 5.11 Å². The summed E-state index contributed by atoms with van der Waals surface area (Å²) in [5, 5.41) is 29.6. The molecule has 1 saturated heterocycles. The molecule has 0 bridgehead atoms. The molecule has 1 heterocycles. The summed E-state index contributed by atoms with van der Waals surface area (Å²) in [5.74, 6) is -0.517. The van der Waals surface area contributed by atoms with Crippen LogP contribution >= 0.6 is 0 Å². The molecule has 1 fully saturated rings. The van der Waals surface area contributed by atoms with Crippen LogP contribution in [0.15, 0.2) is 0 Å². The quantitative estimate of drug-likeness (QED) is 0.430. The molecule has 6 nitrogen and oxygen atoms in total. The Balaban J connectivity index is 2.70. The van der Waals surface area contributed by atoms with E-state index in [0.29, 0.717) is 0 Å². The van der Waals surface area contributed by atoms with E-state index in [9.17, 15) is 19.4 Å². The highest BCUT2D eigenvalue weighted by Gasteiger charge is 2.45. The third-order valence-electron chi connectivity index (χ3n) is 2.22. The van der Waals surface area contributed by atoms with Crippen LogP contribution < -0.4 is 5.32 Å². The fraction of sp³-hybridized carbons (Fsp3) is 0.875. The lowest BCUT2D eigenvalue weighted by molar-refractivity contribution is -0.240. The summed E-state index contributed by atoms with van der Waals surface area (Å²) in [6, 6.07) is -1.22. The minimum absolute atomic E-state index is 0.517. The van der Waals surface area contributed by atoms with Crippen molar-refractivity contribution in [2.24, 2.45) is 0 Å². The molecule has 0 aromatic rings. The monoisotopic (exact) mass is 223 g/mol. The van der Waals surface area contributed by atoms with Gasteiger partial charge < -0.3 is 25.4 Å². The summed E-state index contributed by atoms with van der Waals surface area (Å²) >= 11 is 0. The molecule has 1 aliphatic rings. The number of halogens is 1. The Hall–Kier alpha value is -0.760. The lowest BCUT2D eigenvalue weighted by atomic mass is 9.98. The number of carbonyl (C=O) groups excluding carboxylic acids is 1. The smallest absolute Gasteiger partial charge is 0.217 e. The molecule has 15 heavy (non-hydrogen) atoms. The van der Waals surface area contributed by atoms with Gasteiger partial charge in [0.05, 0.1) is 6.61 Å². The van der Waals surface area contributed by atoms with Gasteiger partial charge in [-0.25, -0.2) is 4.39 Å². The number of hydrogen-bond acceptors (Lipinski definition) is 5. The van der Waals surface area contributed by atoms with Crippen molar-refractivity contribution in [1.82, 2.24) is 5.32 Å². The van der Waals surface area contributed by atoms with Gasteiger partial charge in [-0.1, -0.05) is 0 Å². The van der Waals surface area contributed by atoms with E-state index in [-0.39, 0.29) is 0 Å². The van der Waals surface area contributed by atoms with Gasteiger partial charge in [0.25, 0.3) is 0 Å². The average molecular weight is 223 g/mol. The molecule has 0 aromatic carbocycles. The molecule has 0 spiro atoms. The van der Waals surface area contributed by atoms with Crippen molar-refractivity contribution in [3.8, 4) is 0 Å². The zero-order chi connectivity index (χ0) is 11.6. The Morgan fingerprint density at radius 3 is 2.60 bits per heavy atom. The fourth-order valence-electron chi connectivity index (χ4n) is 1.46. The SMILES string of the molecule is CC(=O)N[C@@H]1[C@@H](O)[C@H](F)[C@@H](CO)O[C@@H]1O. The standard InChI is InChI=1S/C8H14FNO5/c1-3(12)10-6-7(13)5(9)4(2-11)15-8(6)14/h4-8,11,13-14H,2H2,1H3,(H,10,12)/t4-,5-,6-,7+,8+/m1/s1. The van der Waals surface area contributed by atoms with Crippen LogP contribution in [0.1, 0.15) is 6.92 Å². The summed E-state index contributed by atoms with van der Waals surface area (Å²) in [7, 11) is 0. The Bertz CT molecular complexity index is 239. The third kappa shape index (κ3) is 2.63. The predicted octanol–water partition coefficient (Wildman–Crippen LogP) is -2.10. The number of carbonyl (C=O) groups is 1. The number of aliphatic hydroxyl groups excluding tert-OH is 3. The first-order valence-electron chi connectivity index (χ1n) is 4.51. The lowest BCUT2D eigenvalue weighted by Crippen LogP contribution is -2.62. The summed E-state index contributed by atoms with van der Waals surface area (Å²) in [6.45, 7) is 0.521. The molecule has 0 radical (unpaired) electrons. The Morgan fingerprint density at radius 1 is 1.53 bits per heavy atom. The van der Waals surface area contributed by atoms with Gasteiger partial charge in [0.2, 0.25) is 5.91 Å². The zero-order valence-corrected chi connectivity index (χ0v) is 8.13. The van der Waals surface area contributed by atoms with Gasteiger partial charge >= 0.3 is 0 Å². The molecule has 0 unspecified atom stereocenters. The summed E-state index contributed by atoms with van der Waals surface area (Å²) in [4.78, 5) is 10.7. The molecule has 1 amide bonds. The lowest BCUT2D eigenvalue weighted by Gasteiger charge is -2.38. The molecule has 88 valence electrons. The van der Waals surface area contributed by atoms with Gasteiger partial charge in [-0.15, -0.1) is 0 Å². The van der Waals surface area contributed by atoms with Gasteiger partial charge in [0.1, 0.15) is 18.2 Å². The maximum atomic E-state index is 13.3. The van der Waals surface area contributed by atoms with Crippen LogP contribution in [0, 0.1) is 0 Å². The summed E-state index contributed by atoms with van der Waals surface area (Å²) in [6.07, 6.45) is -6.27. The number of ether oxygens (including phenoxy) is 1. The molecule has 0 saturated carbocycles.